The number of nitrogens with two attached hydrogens (primary N) is 1. The minimum absolute atomic E-state index is 0.834. The van der Waals surface area contributed by atoms with Crippen molar-refractivity contribution < 1.29 is 0 Å². The fourth-order valence-electron chi connectivity index (χ4n) is 2.96. The van der Waals surface area contributed by atoms with Gasteiger partial charge in [-0.3, -0.25) is 0 Å². The first-order valence-electron chi connectivity index (χ1n) is 5.82. The summed E-state index contributed by atoms with van der Waals surface area (Å²) in [4.78, 5) is 2.64. The largest absolute Gasteiger partial charge is 0.330 e. The van der Waals surface area contributed by atoms with Crippen molar-refractivity contribution in [2.45, 2.75) is 32.1 Å². The molecular weight excluding hydrogens is 160 g/mol. The molecule has 1 aliphatic carbocycles. The summed E-state index contributed by atoms with van der Waals surface area (Å²) in [6, 6.07) is 0. The van der Waals surface area contributed by atoms with Gasteiger partial charge in [0, 0.05) is 6.54 Å². The molecule has 2 atom stereocenters. The number of hydrogen-bond donors (Lipinski definition) is 1. The smallest absolute Gasteiger partial charge is 0.00128 e. The molecule has 2 N–H and O–H groups in total. The zero-order valence-corrected chi connectivity index (χ0v) is 8.54. The number of rotatable bonds is 3. The van der Waals surface area contributed by atoms with Gasteiger partial charge in [0.2, 0.25) is 0 Å². The maximum Gasteiger partial charge on any atom is 0.00128 e. The van der Waals surface area contributed by atoms with Gasteiger partial charge < -0.3 is 10.6 Å². The quantitative estimate of drug-likeness (QED) is 0.716. The molecule has 1 saturated heterocycles. The van der Waals surface area contributed by atoms with E-state index in [1.54, 1.807) is 0 Å². The molecule has 1 heterocycles. The Morgan fingerprint density at radius 3 is 2.38 bits per heavy atom. The second-order valence-corrected chi connectivity index (χ2v) is 4.69. The molecule has 0 radical (unpaired) electrons. The van der Waals surface area contributed by atoms with Gasteiger partial charge in [0.25, 0.3) is 0 Å². The van der Waals surface area contributed by atoms with Crippen molar-refractivity contribution in [1.29, 1.82) is 0 Å². The minimum Gasteiger partial charge on any atom is -0.330 e. The van der Waals surface area contributed by atoms with E-state index in [0.29, 0.717) is 0 Å². The summed E-state index contributed by atoms with van der Waals surface area (Å²) >= 11 is 0. The third-order valence-electron chi connectivity index (χ3n) is 3.81. The monoisotopic (exact) mass is 182 g/mol. The van der Waals surface area contributed by atoms with Crippen LogP contribution in [0.25, 0.3) is 0 Å². The van der Waals surface area contributed by atoms with Crippen LogP contribution in [0.5, 0.6) is 0 Å². The highest BCUT2D eigenvalue weighted by Gasteiger charge is 2.28. The van der Waals surface area contributed by atoms with E-state index < -0.39 is 0 Å². The number of likely N-dealkylation sites (tertiary alicyclic amines) is 1. The van der Waals surface area contributed by atoms with Gasteiger partial charge in [-0.2, -0.15) is 0 Å². The van der Waals surface area contributed by atoms with E-state index in [1.165, 1.54) is 51.7 Å². The Labute approximate surface area is 81.5 Å². The first-order valence-corrected chi connectivity index (χ1v) is 5.82. The topological polar surface area (TPSA) is 29.3 Å². The van der Waals surface area contributed by atoms with Crippen LogP contribution in [-0.2, 0) is 0 Å². The Morgan fingerprint density at radius 1 is 1.00 bits per heavy atom. The number of nitrogens with zero attached hydrogens (tertiary/aromatic N) is 1. The maximum absolute atomic E-state index is 5.78. The fraction of sp³-hybridized carbons (Fsp3) is 1.00. The van der Waals surface area contributed by atoms with Crippen LogP contribution in [0.15, 0.2) is 0 Å². The van der Waals surface area contributed by atoms with E-state index >= 15 is 0 Å². The SMILES string of the molecule is NC[C@@H]1CCC[C@@H]1CN1CCCC1. The third kappa shape index (κ3) is 2.23. The molecule has 0 aromatic rings. The zero-order chi connectivity index (χ0) is 9.10. The Bertz CT molecular complexity index is 152. The van der Waals surface area contributed by atoms with Crippen LogP contribution in [0.2, 0.25) is 0 Å². The van der Waals surface area contributed by atoms with E-state index in [4.69, 9.17) is 5.73 Å². The van der Waals surface area contributed by atoms with E-state index in [-0.39, 0.29) is 0 Å². The van der Waals surface area contributed by atoms with Gasteiger partial charge in [-0.25, -0.2) is 0 Å². The molecule has 2 heteroatoms. The first kappa shape index (κ1) is 9.47. The summed E-state index contributed by atoms with van der Waals surface area (Å²) in [5, 5.41) is 0. The van der Waals surface area contributed by atoms with Gasteiger partial charge >= 0.3 is 0 Å². The molecule has 0 spiro atoms. The summed E-state index contributed by atoms with van der Waals surface area (Å²) in [6.07, 6.45) is 7.06. The lowest BCUT2D eigenvalue weighted by Crippen LogP contribution is -2.31. The molecule has 0 aromatic carbocycles. The Kier molecular flexibility index (Phi) is 3.23. The summed E-state index contributed by atoms with van der Waals surface area (Å²) in [6.45, 7) is 4.93. The van der Waals surface area contributed by atoms with Crippen molar-refractivity contribution in [3.05, 3.63) is 0 Å². The van der Waals surface area contributed by atoms with Crippen LogP contribution < -0.4 is 5.73 Å². The van der Waals surface area contributed by atoms with Crippen molar-refractivity contribution in [2.24, 2.45) is 17.6 Å². The van der Waals surface area contributed by atoms with Crippen molar-refractivity contribution in [3.8, 4) is 0 Å². The molecule has 2 fully saturated rings. The lowest BCUT2D eigenvalue weighted by molar-refractivity contribution is 0.243. The average Bonchev–Trinajstić information content (AvgIpc) is 2.76. The van der Waals surface area contributed by atoms with Crippen molar-refractivity contribution in [1.82, 2.24) is 4.90 Å². The average molecular weight is 182 g/mol. The summed E-state index contributed by atoms with van der Waals surface area (Å²) in [7, 11) is 0. The van der Waals surface area contributed by atoms with Crippen LogP contribution >= 0.6 is 0 Å². The normalized spacial score (nSPS) is 35.8. The molecule has 0 aromatic heterocycles. The van der Waals surface area contributed by atoms with Crippen LogP contribution in [0.1, 0.15) is 32.1 Å². The zero-order valence-electron chi connectivity index (χ0n) is 8.54. The molecule has 2 aliphatic rings. The number of hydrogen-bond acceptors (Lipinski definition) is 2. The third-order valence-corrected chi connectivity index (χ3v) is 3.81. The van der Waals surface area contributed by atoms with Gasteiger partial charge in [-0.15, -0.1) is 0 Å². The molecule has 1 aliphatic heterocycles. The minimum atomic E-state index is 0.834. The molecule has 13 heavy (non-hydrogen) atoms. The van der Waals surface area contributed by atoms with Crippen molar-refractivity contribution in [3.63, 3.8) is 0 Å². The second kappa shape index (κ2) is 4.43. The second-order valence-electron chi connectivity index (χ2n) is 4.69. The highest BCUT2D eigenvalue weighted by Crippen LogP contribution is 2.32. The van der Waals surface area contributed by atoms with Gasteiger partial charge in [0.15, 0.2) is 0 Å². The Hall–Kier alpha value is -0.0800. The Balaban J connectivity index is 1.79. The molecular formula is C11H22N2. The molecule has 1 saturated carbocycles. The molecule has 0 bridgehead atoms. The maximum atomic E-state index is 5.78. The summed E-state index contributed by atoms with van der Waals surface area (Å²) < 4.78 is 0. The first-order chi connectivity index (χ1) is 6.40. The molecule has 0 amide bonds. The van der Waals surface area contributed by atoms with Crippen LogP contribution in [0.4, 0.5) is 0 Å². The lowest BCUT2D eigenvalue weighted by Gasteiger charge is -2.24. The van der Waals surface area contributed by atoms with Gasteiger partial charge in [0.1, 0.15) is 0 Å². The van der Waals surface area contributed by atoms with Gasteiger partial charge in [-0.05, 0) is 57.2 Å². The predicted molar refractivity (Wildman–Crippen MR) is 55.6 cm³/mol. The van der Waals surface area contributed by atoms with E-state index in [2.05, 4.69) is 4.90 Å². The van der Waals surface area contributed by atoms with E-state index in [1.807, 2.05) is 0 Å². The summed E-state index contributed by atoms with van der Waals surface area (Å²) in [5.74, 6) is 1.75. The summed E-state index contributed by atoms with van der Waals surface area (Å²) in [5.41, 5.74) is 5.78. The van der Waals surface area contributed by atoms with E-state index in [0.717, 1.165) is 18.4 Å². The highest BCUT2D eigenvalue weighted by atomic mass is 15.1. The fourth-order valence-corrected chi connectivity index (χ4v) is 2.96. The van der Waals surface area contributed by atoms with E-state index in [9.17, 15) is 0 Å². The van der Waals surface area contributed by atoms with Crippen LogP contribution in [0, 0.1) is 11.8 Å². The standard InChI is InChI=1S/C11H22N2/c12-8-10-4-3-5-11(10)9-13-6-1-2-7-13/h10-11H,1-9,12H2/t10-,11+/m0/s1. The van der Waals surface area contributed by atoms with Gasteiger partial charge in [0.05, 0.1) is 0 Å². The van der Waals surface area contributed by atoms with Crippen molar-refractivity contribution >= 4 is 0 Å². The van der Waals surface area contributed by atoms with Crippen molar-refractivity contribution in [2.75, 3.05) is 26.2 Å². The van der Waals surface area contributed by atoms with Gasteiger partial charge in [-0.1, -0.05) is 6.42 Å². The molecule has 2 rings (SSSR count). The van der Waals surface area contributed by atoms with Crippen LogP contribution in [0.3, 0.4) is 0 Å². The van der Waals surface area contributed by atoms with Crippen LogP contribution in [-0.4, -0.2) is 31.1 Å². The Morgan fingerprint density at radius 2 is 1.69 bits per heavy atom. The molecule has 76 valence electrons. The highest BCUT2D eigenvalue weighted by molar-refractivity contribution is 4.81. The predicted octanol–water partition coefficient (Wildman–Crippen LogP) is 1.46. The lowest BCUT2D eigenvalue weighted by atomic mass is 9.96. The molecule has 0 unspecified atom stereocenters. The molecule has 2 nitrogen and oxygen atoms in total.